The number of amides is 1. The first kappa shape index (κ1) is 24.4. The number of benzene rings is 2. The SMILES string of the molecule is O=C(COCCN1CCN([C@@H](c2ccccc2)c2ccc(Cl)cc2)CC1)NCc1ccccn1. The molecule has 2 heterocycles. The molecule has 2 aromatic carbocycles. The lowest BCUT2D eigenvalue weighted by Gasteiger charge is -2.39. The summed E-state index contributed by atoms with van der Waals surface area (Å²) in [6.45, 7) is 5.70. The van der Waals surface area contributed by atoms with Crippen LogP contribution in [-0.4, -0.2) is 66.6 Å². The van der Waals surface area contributed by atoms with Crippen LogP contribution < -0.4 is 5.32 Å². The lowest BCUT2D eigenvalue weighted by molar-refractivity contribution is -0.126. The Morgan fingerprint density at radius 1 is 0.941 bits per heavy atom. The fraction of sp³-hybridized carbons (Fsp3) is 0.333. The Morgan fingerprint density at radius 3 is 2.35 bits per heavy atom. The minimum absolute atomic E-state index is 0.0689. The fourth-order valence-corrected chi connectivity index (χ4v) is 4.37. The third-order valence-corrected chi connectivity index (χ3v) is 6.30. The van der Waals surface area contributed by atoms with Gasteiger partial charge < -0.3 is 10.1 Å². The number of rotatable bonds is 10. The van der Waals surface area contributed by atoms with Crippen molar-refractivity contribution in [2.45, 2.75) is 12.6 Å². The number of nitrogens with one attached hydrogen (secondary N) is 1. The molecule has 6 nitrogen and oxygen atoms in total. The molecular weight excluding hydrogens is 448 g/mol. The highest BCUT2D eigenvalue weighted by Crippen LogP contribution is 2.30. The molecule has 1 atom stereocenters. The van der Waals surface area contributed by atoms with Gasteiger partial charge >= 0.3 is 0 Å². The van der Waals surface area contributed by atoms with E-state index in [1.165, 1.54) is 11.1 Å². The van der Waals surface area contributed by atoms with Gasteiger partial charge in [0.05, 0.1) is 24.9 Å². The van der Waals surface area contributed by atoms with Gasteiger partial charge in [0.1, 0.15) is 6.61 Å². The van der Waals surface area contributed by atoms with E-state index >= 15 is 0 Å². The molecule has 1 aromatic heterocycles. The summed E-state index contributed by atoms with van der Waals surface area (Å²) in [5.74, 6) is -0.121. The first-order valence-electron chi connectivity index (χ1n) is 11.7. The smallest absolute Gasteiger partial charge is 0.246 e. The van der Waals surface area contributed by atoms with Crippen LogP contribution in [0.1, 0.15) is 22.9 Å². The minimum Gasteiger partial charge on any atom is -0.370 e. The molecule has 3 aromatic rings. The molecule has 0 bridgehead atoms. The number of carbonyl (C=O) groups is 1. The van der Waals surface area contributed by atoms with E-state index in [1.807, 2.05) is 30.3 Å². The number of pyridine rings is 1. The molecule has 0 aliphatic carbocycles. The van der Waals surface area contributed by atoms with Gasteiger partial charge in [-0.3, -0.25) is 19.6 Å². The number of aromatic nitrogens is 1. The van der Waals surface area contributed by atoms with Crippen LogP contribution in [0.5, 0.6) is 0 Å². The van der Waals surface area contributed by atoms with E-state index < -0.39 is 0 Å². The van der Waals surface area contributed by atoms with Crippen LogP contribution in [0.25, 0.3) is 0 Å². The van der Waals surface area contributed by atoms with Crippen molar-refractivity contribution in [1.82, 2.24) is 20.1 Å². The molecule has 1 amide bonds. The van der Waals surface area contributed by atoms with Crippen LogP contribution in [0.15, 0.2) is 79.0 Å². The third-order valence-electron chi connectivity index (χ3n) is 6.05. The van der Waals surface area contributed by atoms with Crippen LogP contribution in [0.4, 0.5) is 0 Å². The maximum absolute atomic E-state index is 12.0. The Morgan fingerprint density at radius 2 is 1.65 bits per heavy atom. The molecule has 0 spiro atoms. The van der Waals surface area contributed by atoms with Gasteiger partial charge in [-0.1, -0.05) is 60.1 Å². The molecule has 0 unspecified atom stereocenters. The normalized spacial score (nSPS) is 15.7. The quantitative estimate of drug-likeness (QED) is 0.449. The Bertz CT molecular complexity index is 1010. The number of halogens is 1. The van der Waals surface area contributed by atoms with Gasteiger partial charge in [-0.15, -0.1) is 0 Å². The van der Waals surface area contributed by atoms with Crippen molar-refractivity contribution in [2.24, 2.45) is 0 Å². The lowest BCUT2D eigenvalue weighted by atomic mass is 9.96. The zero-order valence-electron chi connectivity index (χ0n) is 19.3. The van der Waals surface area contributed by atoms with Gasteiger partial charge in [-0.05, 0) is 35.4 Å². The van der Waals surface area contributed by atoms with Crippen molar-refractivity contribution in [1.29, 1.82) is 0 Å². The summed E-state index contributed by atoms with van der Waals surface area (Å²) in [6, 6.07) is 24.7. The topological polar surface area (TPSA) is 57.7 Å². The summed E-state index contributed by atoms with van der Waals surface area (Å²) in [5, 5.41) is 3.59. The molecule has 0 radical (unpaired) electrons. The summed E-state index contributed by atoms with van der Waals surface area (Å²) >= 11 is 6.13. The number of ether oxygens (including phenoxy) is 1. The Balaban J connectivity index is 1.21. The average Bonchev–Trinajstić information content (AvgIpc) is 2.89. The Hall–Kier alpha value is -2.77. The van der Waals surface area contributed by atoms with Gasteiger partial charge in [-0.25, -0.2) is 0 Å². The molecule has 1 fully saturated rings. The second-order valence-electron chi connectivity index (χ2n) is 8.39. The number of hydrogen-bond acceptors (Lipinski definition) is 5. The highest BCUT2D eigenvalue weighted by Gasteiger charge is 2.26. The maximum Gasteiger partial charge on any atom is 0.246 e. The Kier molecular flexibility index (Phi) is 9.04. The lowest BCUT2D eigenvalue weighted by Crippen LogP contribution is -2.48. The summed E-state index contributed by atoms with van der Waals surface area (Å²) in [7, 11) is 0. The molecule has 1 N–H and O–H groups in total. The van der Waals surface area contributed by atoms with E-state index in [4.69, 9.17) is 16.3 Å². The van der Waals surface area contributed by atoms with Crippen LogP contribution >= 0.6 is 11.6 Å². The number of hydrogen-bond donors (Lipinski definition) is 1. The number of nitrogens with zero attached hydrogens (tertiary/aromatic N) is 3. The van der Waals surface area contributed by atoms with Crippen molar-refractivity contribution in [2.75, 3.05) is 45.9 Å². The van der Waals surface area contributed by atoms with Gasteiger partial charge in [-0.2, -0.15) is 0 Å². The summed E-state index contributed by atoms with van der Waals surface area (Å²) < 4.78 is 5.61. The number of carbonyl (C=O) groups excluding carboxylic acids is 1. The van der Waals surface area contributed by atoms with Crippen LogP contribution in [-0.2, 0) is 16.1 Å². The standard InChI is InChI=1S/C27H31ClN4O2/c28-24-11-9-23(10-12-24)27(22-6-2-1-3-7-22)32-16-14-31(15-17-32)18-19-34-21-26(33)30-20-25-8-4-5-13-29-25/h1-13,27H,14-21H2,(H,30,33)/t27-/m0/s1. The van der Waals surface area contributed by atoms with Crippen molar-refractivity contribution >= 4 is 17.5 Å². The van der Waals surface area contributed by atoms with E-state index in [0.717, 1.165) is 43.4 Å². The highest BCUT2D eigenvalue weighted by atomic mass is 35.5. The summed E-state index contributed by atoms with van der Waals surface area (Å²) in [4.78, 5) is 21.1. The second kappa shape index (κ2) is 12.6. The van der Waals surface area contributed by atoms with E-state index in [-0.39, 0.29) is 18.6 Å². The molecule has 4 rings (SSSR count). The third kappa shape index (κ3) is 7.11. The monoisotopic (exact) mass is 478 g/mol. The molecule has 1 aliphatic heterocycles. The molecule has 178 valence electrons. The van der Waals surface area contributed by atoms with Crippen LogP contribution in [0, 0.1) is 0 Å². The largest absolute Gasteiger partial charge is 0.370 e. The van der Waals surface area contributed by atoms with Gasteiger partial charge in [0, 0.05) is 43.9 Å². The molecule has 1 saturated heterocycles. The molecular formula is C27H31ClN4O2. The zero-order chi connectivity index (χ0) is 23.6. The molecule has 34 heavy (non-hydrogen) atoms. The minimum atomic E-state index is -0.121. The van der Waals surface area contributed by atoms with E-state index in [0.29, 0.717) is 13.2 Å². The van der Waals surface area contributed by atoms with Crippen molar-refractivity contribution in [3.8, 4) is 0 Å². The zero-order valence-corrected chi connectivity index (χ0v) is 20.0. The molecule has 0 saturated carbocycles. The first-order valence-corrected chi connectivity index (χ1v) is 12.1. The number of piperazine rings is 1. The van der Waals surface area contributed by atoms with Gasteiger partial charge in [0.25, 0.3) is 0 Å². The van der Waals surface area contributed by atoms with E-state index in [9.17, 15) is 4.79 Å². The molecule has 7 heteroatoms. The summed E-state index contributed by atoms with van der Waals surface area (Å²) in [5.41, 5.74) is 3.38. The van der Waals surface area contributed by atoms with Crippen LogP contribution in [0.2, 0.25) is 5.02 Å². The Labute approximate surface area is 206 Å². The van der Waals surface area contributed by atoms with Crippen molar-refractivity contribution < 1.29 is 9.53 Å². The average molecular weight is 479 g/mol. The van der Waals surface area contributed by atoms with Crippen LogP contribution in [0.3, 0.4) is 0 Å². The predicted molar refractivity (Wildman–Crippen MR) is 135 cm³/mol. The van der Waals surface area contributed by atoms with Gasteiger partial charge in [0.15, 0.2) is 0 Å². The maximum atomic E-state index is 12.0. The van der Waals surface area contributed by atoms with E-state index in [2.05, 4.69) is 62.6 Å². The van der Waals surface area contributed by atoms with Crippen molar-refractivity contribution in [3.63, 3.8) is 0 Å². The second-order valence-corrected chi connectivity index (χ2v) is 8.83. The van der Waals surface area contributed by atoms with Crippen molar-refractivity contribution in [3.05, 3.63) is 101 Å². The van der Waals surface area contributed by atoms with Gasteiger partial charge in [0.2, 0.25) is 5.91 Å². The fourth-order valence-electron chi connectivity index (χ4n) is 4.24. The van der Waals surface area contributed by atoms with E-state index in [1.54, 1.807) is 6.20 Å². The first-order chi connectivity index (χ1) is 16.7. The summed E-state index contributed by atoms with van der Waals surface area (Å²) in [6.07, 6.45) is 1.72. The predicted octanol–water partition coefficient (Wildman–Crippen LogP) is 3.78. The molecule has 1 aliphatic rings. The highest BCUT2D eigenvalue weighted by molar-refractivity contribution is 6.30.